The summed E-state index contributed by atoms with van der Waals surface area (Å²) in [6.07, 6.45) is 0.721. The molecule has 1 N–H and O–H groups in total. The fourth-order valence-electron chi connectivity index (χ4n) is 3.44. The van der Waals surface area contributed by atoms with Crippen molar-refractivity contribution >= 4 is 28.8 Å². The van der Waals surface area contributed by atoms with Crippen LogP contribution in [-0.2, 0) is 9.59 Å². The van der Waals surface area contributed by atoms with Crippen molar-refractivity contribution in [2.75, 3.05) is 19.8 Å². The Morgan fingerprint density at radius 1 is 1.22 bits per heavy atom. The second kappa shape index (κ2) is 7.08. The molecule has 7 heteroatoms. The molecule has 1 unspecified atom stereocenters. The Morgan fingerprint density at radius 3 is 2.70 bits per heavy atom. The lowest BCUT2D eigenvalue weighted by Gasteiger charge is -2.23. The summed E-state index contributed by atoms with van der Waals surface area (Å²) >= 11 is 1.46. The molecule has 2 aliphatic rings. The standard InChI is InChI=1S/C20H19NO5S/c1-2-7-21-17(15-4-3-10-27-15)16(19(23)20(21)24)18(22)12-5-6-13-14(11-12)26-9-8-25-13/h3-6,10-11,17,22H,2,7-9H2,1H3/b18-16-. The van der Waals surface area contributed by atoms with Crippen LogP contribution in [0.1, 0.15) is 29.8 Å². The number of ketones is 1. The molecule has 0 spiro atoms. The minimum atomic E-state index is -0.658. The lowest BCUT2D eigenvalue weighted by Crippen LogP contribution is -2.30. The highest BCUT2D eigenvalue weighted by atomic mass is 32.1. The van der Waals surface area contributed by atoms with E-state index in [1.165, 1.54) is 16.2 Å². The lowest BCUT2D eigenvalue weighted by atomic mass is 9.99. The Bertz CT molecular complexity index is 918. The maximum Gasteiger partial charge on any atom is 0.295 e. The SMILES string of the molecule is CCCN1C(=O)C(=O)/C(=C(\O)c2ccc3c(c2)OCCO3)C1c1cccs1. The molecule has 0 bridgehead atoms. The fourth-order valence-corrected chi connectivity index (χ4v) is 4.29. The van der Waals surface area contributed by atoms with Crippen LogP contribution in [0.5, 0.6) is 11.5 Å². The average molecular weight is 385 g/mol. The molecule has 1 amide bonds. The third-order valence-electron chi connectivity index (χ3n) is 4.63. The predicted molar refractivity (Wildman–Crippen MR) is 101 cm³/mol. The summed E-state index contributed by atoms with van der Waals surface area (Å²) < 4.78 is 11.1. The van der Waals surface area contributed by atoms with E-state index in [1.807, 2.05) is 24.4 Å². The Morgan fingerprint density at radius 2 is 2.00 bits per heavy atom. The number of ether oxygens (including phenoxy) is 2. The van der Waals surface area contributed by atoms with E-state index in [9.17, 15) is 14.7 Å². The van der Waals surface area contributed by atoms with Crippen LogP contribution in [0.4, 0.5) is 0 Å². The van der Waals surface area contributed by atoms with Gasteiger partial charge in [0.05, 0.1) is 11.6 Å². The highest BCUT2D eigenvalue weighted by molar-refractivity contribution is 7.10. The number of carbonyl (C=O) groups excluding carboxylic acids is 2. The summed E-state index contributed by atoms with van der Waals surface area (Å²) in [5.41, 5.74) is 0.544. The van der Waals surface area contributed by atoms with Crippen molar-refractivity contribution in [2.24, 2.45) is 0 Å². The van der Waals surface area contributed by atoms with Crippen molar-refractivity contribution in [1.29, 1.82) is 0 Å². The van der Waals surface area contributed by atoms with Crippen LogP contribution in [0.15, 0.2) is 41.3 Å². The van der Waals surface area contributed by atoms with Gasteiger partial charge in [0.2, 0.25) is 0 Å². The Kier molecular flexibility index (Phi) is 4.61. The third-order valence-corrected chi connectivity index (χ3v) is 5.56. The molecule has 140 valence electrons. The van der Waals surface area contributed by atoms with Crippen molar-refractivity contribution in [1.82, 2.24) is 4.90 Å². The van der Waals surface area contributed by atoms with Crippen LogP contribution in [0.3, 0.4) is 0 Å². The predicted octanol–water partition coefficient (Wildman–Crippen LogP) is 3.35. The molecule has 27 heavy (non-hydrogen) atoms. The Labute approximate surface area is 160 Å². The van der Waals surface area contributed by atoms with E-state index >= 15 is 0 Å². The molecule has 1 aromatic carbocycles. The van der Waals surface area contributed by atoms with Crippen LogP contribution in [-0.4, -0.2) is 41.5 Å². The zero-order chi connectivity index (χ0) is 19.0. The number of aliphatic hydroxyl groups is 1. The molecule has 0 radical (unpaired) electrons. The van der Waals surface area contributed by atoms with E-state index < -0.39 is 17.7 Å². The van der Waals surface area contributed by atoms with Gasteiger partial charge in [-0.2, -0.15) is 0 Å². The molecule has 2 aliphatic heterocycles. The number of nitrogens with zero attached hydrogens (tertiary/aromatic N) is 1. The number of amides is 1. The minimum Gasteiger partial charge on any atom is -0.507 e. The summed E-state index contributed by atoms with van der Waals surface area (Å²) in [5.74, 6) is -0.314. The number of fused-ring (bicyclic) bond motifs is 1. The zero-order valence-electron chi connectivity index (χ0n) is 14.8. The monoisotopic (exact) mass is 385 g/mol. The van der Waals surface area contributed by atoms with Gasteiger partial charge < -0.3 is 19.5 Å². The number of rotatable bonds is 4. The summed E-state index contributed by atoms with van der Waals surface area (Å²) in [7, 11) is 0. The Balaban J connectivity index is 1.83. The van der Waals surface area contributed by atoms with Crippen molar-refractivity contribution in [3.63, 3.8) is 0 Å². The van der Waals surface area contributed by atoms with Crippen LogP contribution < -0.4 is 9.47 Å². The van der Waals surface area contributed by atoms with Gasteiger partial charge in [-0.1, -0.05) is 13.0 Å². The number of benzene rings is 1. The van der Waals surface area contributed by atoms with Gasteiger partial charge in [-0.3, -0.25) is 9.59 Å². The summed E-state index contributed by atoms with van der Waals surface area (Å²) in [4.78, 5) is 27.7. The number of carbonyl (C=O) groups is 2. The zero-order valence-corrected chi connectivity index (χ0v) is 15.6. The molecule has 6 nitrogen and oxygen atoms in total. The van der Waals surface area contributed by atoms with E-state index in [0.29, 0.717) is 36.8 Å². The number of likely N-dealkylation sites (tertiary alicyclic amines) is 1. The van der Waals surface area contributed by atoms with E-state index in [-0.39, 0.29) is 11.3 Å². The topological polar surface area (TPSA) is 76.1 Å². The number of hydrogen-bond acceptors (Lipinski definition) is 6. The maximum absolute atomic E-state index is 12.7. The molecular weight excluding hydrogens is 366 g/mol. The minimum absolute atomic E-state index is 0.118. The molecule has 1 saturated heterocycles. The van der Waals surface area contributed by atoms with E-state index in [4.69, 9.17) is 9.47 Å². The first-order chi connectivity index (χ1) is 13.1. The van der Waals surface area contributed by atoms with Crippen LogP contribution in [0.25, 0.3) is 5.76 Å². The molecule has 0 saturated carbocycles. The molecule has 2 aromatic rings. The van der Waals surface area contributed by atoms with Gasteiger partial charge in [-0.15, -0.1) is 11.3 Å². The van der Waals surface area contributed by atoms with Gasteiger partial charge in [-0.05, 0) is 36.1 Å². The maximum atomic E-state index is 12.7. The normalized spacial score (nSPS) is 20.9. The quantitative estimate of drug-likeness (QED) is 0.496. The highest BCUT2D eigenvalue weighted by Gasteiger charge is 2.46. The molecule has 3 heterocycles. The van der Waals surface area contributed by atoms with Crippen LogP contribution in [0, 0.1) is 0 Å². The van der Waals surface area contributed by atoms with E-state index in [0.717, 1.165) is 11.3 Å². The Hall–Kier alpha value is -2.80. The number of Topliss-reactive ketones (excluding diaryl/α,β-unsaturated/α-hetero) is 1. The number of thiophene rings is 1. The summed E-state index contributed by atoms with van der Waals surface area (Å²) in [6.45, 7) is 3.29. The van der Waals surface area contributed by atoms with Gasteiger partial charge in [-0.25, -0.2) is 0 Å². The fraction of sp³-hybridized carbons (Fsp3) is 0.300. The van der Waals surface area contributed by atoms with Gasteiger partial charge in [0.1, 0.15) is 19.0 Å². The lowest BCUT2D eigenvalue weighted by molar-refractivity contribution is -0.139. The van der Waals surface area contributed by atoms with Gasteiger partial charge in [0.15, 0.2) is 11.5 Å². The van der Waals surface area contributed by atoms with Crippen molar-refractivity contribution in [2.45, 2.75) is 19.4 Å². The number of aliphatic hydroxyl groups excluding tert-OH is 1. The van der Waals surface area contributed by atoms with Gasteiger partial charge in [0.25, 0.3) is 11.7 Å². The van der Waals surface area contributed by atoms with Gasteiger partial charge in [0, 0.05) is 17.0 Å². The highest BCUT2D eigenvalue weighted by Crippen LogP contribution is 2.42. The van der Waals surface area contributed by atoms with Crippen molar-refractivity contribution in [3.05, 3.63) is 51.7 Å². The molecule has 4 rings (SSSR count). The largest absolute Gasteiger partial charge is 0.507 e. The second-order valence-corrected chi connectivity index (χ2v) is 7.35. The first kappa shape index (κ1) is 17.6. The summed E-state index contributed by atoms with van der Waals surface area (Å²) in [5, 5.41) is 12.8. The van der Waals surface area contributed by atoms with Crippen molar-refractivity contribution in [3.8, 4) is 11.5 Å². The van der Waals surface area contributed by atoms with Crippen LogP contribution >= 0.6 is 11.3 Å². The third kappa shape index (κ3) is 2.98. The molecule has 1 fully saturated rings. The number of hydrogen-bond donors (Lipinski definition) is 1. The molecule has 1 atom stereocenters. The first-order valence-corrected chi connectivity index (χ1v) is 9.71. The first-order valence-electron chi connectivity index (χ1n) is 8.83. The van der Waals surface area contributed by atoms with Crippen molar-refractivity contribution < 1.29 is 24.2 Å². The smallest absolute Gasteiger partial charge is 0.295 e. The van der Waals surface area contributed by atoms with Gasteiger partial charge >= 0.3 is 0 Å². The van der Waals surface area contributed by atoms with Crippen LogP contribution in [0.2, 0.25) is 0 Å². The average Bonchev–Trinajstić information content (AvgIpc) is 3.30. The molecule has 0 aliphatic carbocycles. The molecule has 1 aromatic heterocycles. The molecular formula is C20H19NO5S. The summed E-state index contributed by atoms with van der Waals surface area (Å²) in [6, 6.07) is 8.19. The van der Waals surface area contributed by atoms with E-state index in [2.05, 4.69) is 0 Å². The second-order valence-electron chi connectivity index (χ2n) is 6.37. The van der Waals surface area contributed by atoms with E-state index in [1.54, 1.807) is 18.2 Å².